The molecule has 0 spiro atoms. The molecule has 0 bridgehead atoms. The van der Waals surface area contributed by atoms with E-state index in [2.05, 4.69) is 33.9 Å². The number of para-hydroxylation sites is 1. The molecule has 0 fully saturated rings. The van der Waals surface area contributed by atoms with E-state index in [-0.39, 0.29) is 5.92 Å². The number of ether oxygens (including phenoxy) is 2. The van der Waals surface area contributed by atoms with E-state index < -0.39 is 17.2 Å². The van der Waals surface area contributed by atoms with E-state index in [1.165, 1.54) is 0 Å². The molecule has 1 atom stereocenters. The average Bonchev–Trinajstić information content (AvgIpc) is 2.59. The predicted molar refractivity (Wildman–Crippen MR) is 114 cm³/mol. The number of carbonyl (C=O) groups is 1. The van der Waals surface area contributed by atoms with Gasteiger partial charge in [0.1, 0.15) is 11.4 Å². The first kappa shape index (κ1) is 23.6. The van der Waals surface area contributed by atoms with Gasteiger partial charge in [0, 0.05) is 26.1 Å². The number of carbonyl (C=O) groups excluding carboxylic acids is 1. The van der Waals surface area contributed by atoms with Crippen LogP contribution in [0.15, 0.2) is 29.3 Å². The van der Waals surface area contributed by atoms with E-state index in [1.54, 1.807) is 14.2 Å². The lowest BCUT2D eigenvalue weighted by Crippen LogP contribution is -2.54. The van der Waals surface area contributed by atoms with E-state index in [0.717, 1.165) is 11.3 Å². The van der Waals surface area contributed by atoms with Gasteiger partial charge in [-0.2, -0.15) is 0 Å². The number of alkyl carbamates (subject to hydrolysis) is 1. The van der Waals surface area contributed by atoms with Gasteiger partial charge in [-0.3, -0.25) is 4.99 Å². The van der Waals surface area contributed by atoms with Gasteiger partial charge in [-0.1, -0.05) is 25.1 Å². The minimum absolute atomic E-state index is 0.239. The van der Waals surface area contributed by atoms with Crippen molar-refractivity contribution in [2.24, 2.45) is 4.99 Å². The number of amides is 1. The Kier molecular flexibility index (Phi) is 8.60. The second-order valence-corrected chi connectivity index (χ2v) is 8.46. The summed E-state index contributed by atoms with van der Waals surface area (Å²) in [6, 6.07) is 7.99. The van der Waals surface area contributed by atoms with Gasteiger partial charge in [0.15, 0.2) is 5.96 Å². The van der Waals surface area contributed by atoms with E-state index >= 15 is 0 Å². The number of guanidine groups is 1. The monoisotopic (exact) mass is 392 g/mol. The van der Waals surface area contributed by atoms with Gasteiger partial charge in [0.25, 0.3) is 0 Å². The largest absolute Gasteiger partial charge is 0.496 e. The standard InChI is InChI=1S/C21H36N4O3/c1-15(16-11-9-10-12-17(16)27-8)13-23-18(22-7)24-14-21(5,6)25-19(26)28-20(2,3)4/h9-12,15H,13-14H2,1-8H3,(H,25,26)(H2,22,23,24). The molecule has 7 nitrogen and oxygen atoms in total. The summed E-state index contributed by atoms with van der Waals surface area (Å²) in [4.78, 5) is 16.3. The highest BCUT2D eigenvalue weighted by Crippen LogP contribution is 2.25. The number of hydrogen-bond acceptors (Lipinski definition) is 4. The summed E-state index contributed by atoms with van der Waals surface area (Å²) in [5, 5.41) is 9.45. The summed E-state index contributed by atoms with van der Waals surface area (Å²) in [6.45, 7) is 12.7. The summed E-state index contributed by atoms with van der Waals surface area (Å²) in [5.41, 5.74) is 0.105. The Labute approximate surface area is 169 Å². The van der Waals surface area contributed by atoms with E-state index in [4.69, 9.17) is 9.47 Å². The predicted octanol–water partition coefficient (Wildman–Crippen LogP) is 3.27. The topological polar surface area (TPSA) is 84.0 Å². The van der Waals surface area contributed by atoms with Gasteiger partial charge in [0.2, 0.25) is 0 Å². The molecule has 7 heteroatoms. The summed E-state index contributed by atoms with van der Waals surface area (Å²) < 4.78 is 10.8. The van der Waals surface area contributed by atoms with E-state index in [0.29, 0.717) is 19.0 Å². The Morgan fingerprint density at radius 3 is 2.36 bits per heavy atom. The van der Waals surface area contributed by atoms with Crippen LogP contribution in [-0.2, 0) is 4.74 Å². The molecule has 0 aliphatic rings. The van der Waals surface area contributed by atoms with Gasteiger partial charge < -0.3 is 25.4 Å². The highest BCUT2D eigenvalue weighted by Gasteiger charge is 2.24. The van der Waals surface area contributed by atoms with Crippen molar-refractivity contribution in [1.82, 2.24) is 16.0 Å². The van der Waals surface area contributed by atoms with Crippen LogP contribution < -0.4 is 20.7 Å². The number of nitrogens with one attached hydrogen (secondary N) is 3. The van der Waals surface area contributed by atoms with Crippen molar-refractivity contribution >= 4 is 12.1 Å². The highest BCUT2D eigenvalue weighted by molar-refractivity contribution is 5.80. The van der Waals surface area contributed by atoms with Crippen molar-refractivity contribution < 1.29 is 14.3 Å². The Morgan fingerprint density at radius 1 is 1.14 bits per heavy atom. The summed E-state index contributed by atoms with van der Waals surface area (Å²) in [6.07, 6.45) is -0.438. The molecule has 0 aliphatic carbocycles. The minimum Gasteiger partial charge on any atom is -0.496 e. The van der Waals surface area contributed by atoms with Crippen LogP contribution in [0.4, 0.5) is 4.79 Å². The smallest absolute Gasteiger partial charge is 0.408 e. The first-order valence-corrected chi connectivity index (χ1v) is 9.56. The fourth-order valence-corrected chi connectivity index (χ4v) is 2.58. The third-order valence-corrected chi connectivity index (χ3v) is 4.01. The number of rotatable bonds is 7. The molecule has 1 amide bonds. The Morgan fingerprint density at radius 2 is 1.79 bits per heavy atom. The maximum absolute atomic E-state index is 12.0. The van der Waals surface area contributed by atoms with Crippen LogP contribution in [0.5, 0.6) is 5.75 Å². The second-order valence-electron chi connectivity index (χ2n) is 8.46. The lowest BCUT2D eigenvalue weighted by molar-refractivity contribution is 0.0474. The van der Waals surface area contributed by atoms with Crippen LogP contribution >= 0.6 is 0 Å². The van der Waals surface area contributed by atoms with Gasteiger partial charge in [0.05, 0.1) is 12.6 Å². The molecule has 0 saturated heterocycles. The van der Waals surface area contributed by atoms with Crippen LogP contribution in [0.2, 0.25) is 0 Å². The number of hydrogen-bond donors (Lipinski definition) is 3. The summed E-state index contributed by atoms with van der Waals surface area (Å²) in [7, 11) is 3.40. The van der Waals surface area contributed by atoms with Crippen molar-refractivity contribution in [2.45, 2.75) is 58.6 Å². The molecule has 3 N–H and O–H groups in total. The molecular formula is C21H36N4O3. The van der Waals surface area contributed by atoms with Gasteiger partial charge in [-0.15, -0.1) is 0 Å². The van der Waals surface area contributed by atoms with Crippen LogP contribution in [0, 0.1) is 0 Å². The maximum atomic E-state index is 12.0. The SMILES string of the molecule is CN=C(NCC(C)c1ccccc1OC)NCC(C)(C)NC(=O)OC(C)(C)C. The summed E-state index contributed by atoms with van der Waals surface area (Å²) >= 11 is 0. The zero-order valence-corrected chi connectivity index (χ0v) is 18.5. The number of aliphatic imine (C=N–C) groups is 1. The van der Waals surface area contributed by atoms with Crippen LogP contribution in [0.3, 0.4) is 0 Å². The zero-order valence-electron chi connectivity index (χ0n) is 18.5. The second kappa shape index (κ2) is 10.2. The Balaban J connectivity index is 2.55. The molecular weight excluding hydrogens is 356 g/mol. The molecule has 1 unspecified atom stereocenters. The Hall–Kier alpha value is -2.44. The number of nitrogens with zero attached hydrogens (tertiary/aromatic N) is 1. The first-order chi connectivity index (χ1) is 13.0. The van der Waals surface area contributed by atoms with Gasteiger partial charge in [-0.25, -0.2) is 4.79 Å². The fourth-order valence-electron chi connectivity index (χ4n) is 2.58. The zero-order chi connectivity index (χ0) is 21.4. The minimum atomic E-state index is -0.528. The molecule has 0 aliphatic heterocycles. The molecule has 158 valence electrons. The van der Waals surface area contributed by atoms with Crippen molar-refractivity contribution in [2.75, 3.05) is 27.2 Å². The molecule has 0 saturated carbocycles. The summed E-state index contributed by atoms with van der Waals surface area (Å²) in [5.74, 6) is 1.78. The van der Waals surface area contributed by atoms with Crippen molar-refractivity contribution in [3.63, 3.8) is 0 Å². The maximum Gasteiger partial charge on any atom is 0.408 e. The normalized spacial score (nSPS) is 13.5. The molecule has 0 radical (unpaired) electrons. The number of methoxy groups -OCH3 is 1. The van der Waals surface area contributed by atoms with Crippen molar-refractivity contribution in [3.8, 4) is 5.75 Å². The van der Waals surface area contributed by atoms with Gasteiger partial charge in [-0.05, 0) is 46.2 Å². The lowest BCUT2D eigenvalue weighted by Gasteiger charge is -2.29. The molecule has 0 aromatic heterocycles. The third-order valence-electron chi connectivity index (χ3n) is 4.01. The van der Waals surface area contributed by atoms with E-state index in [1.807, 2.05) is 52.8 Å². The third kappa shape index (κ3) is 8.50. The molecule has 28 heavy (non-hydrogen) atoms. The van der Waals surface area contributed by atoms with Crippen LogP contribution in [0.25, 0.3) is 0 Å². The van der Waals surface area contributed by atoms with Crippen LogP contribution in [-0.4, -0.2) is 50.4 Å². The quantitative estimate of drug-likeness (QED) is 0.490. The molecule has 1 aromatic carbocycles. The van der Waals surface area contributed by atoms with Crippen molar-refractivity contribution in [3.05, 3.63) is 29.8 Å². The Bertz CT molecular complexity index is 666. The lowest BCUT2D eigenvalue weighted by atomic mass is 10.0. The molecule has 1 rings (SSSR count). The number of benzene rings is 1. The molecule has 1 aromatic rings. The van der Waals surface area contributed by atoms with Crippen molar-refractivity contribution in [1.29, 1.82) is 0 Å². The highest BCUT2D eigenvalue weighted by atomic mass is 16.6. The molecule has 0 heterocycles. The van der Waals surface area contributed by atoms with Gasteiger partial charge >= 0.3 is 6.09 Å². The van der Waals surface area contributed by atoms with E-state index in [9.17, 15) is 4.79 Å². The van der Waals surface area contributed by atoms with Crippen LogP contribution in [0.1, 0.15) is 53.0 Å². The average molecular weight is 393 g/mol. The first-order valence-electron chi connectivity index (χ1n) is 9.56. The fraction of sp³-hybridized carbons (Fsp3) is 0.619.